The van der Waals surface area contributed by atoms with E-state index in [1.807, 2.05) is 38.1 Å². The van der Waals surface area contributed by atoms with Crippen molar-refractivity contribution in [3.05, 3.63) is 53.1 Å². The van der Waals surface area contributed by atoms with Crippen LogP contribution in [0.3, 0.4) is 0 Å². The Hall–Kier alpha value is -2.82. The van der Waals surface area contributed by atoms with Crippen molar-refractivity contribution in [3.63, 3.8) is 0 Å². The Labute approximate surface area is 147 Å². The topological polar surface area (TPSA) is 58.6 Å². The van der Waals surface area contributed by atoms with Crippen molar-refractivity contribution < 1.29 is 14.3 Å². The first-order chi connectivity index (χ1) is 12.0. The third-order valence-electron chi connectivity index (χ3n) is 4.53. The summed E-state index contributed by atoms with van der Waals surface area (Å²) in [6.45, 7) is 4.51. The predicted molar refractivity (Wildman–Crippen MR) is 98.5 cm³/mol. The van der Waals surface area contributed by atoms with E-state index < -0.39 is 0 Å². The summed E-state index contributed by atoms with van der Waals surface area (Å²) >= 11 is 0. The van der Waals surface area contributed by atoms with Crippen molar-refractivity contribution >= 4 is 23.2 Å². The van der Waals surface area contributed by atoms with E-state index in [9.17, 15) is 9.59 Å². The molecule has 2 aromatic carbocycles. The number of fused-ring (bicyclic) bond motifs is 1. The molecule has 0 saturated carbocycles. The first kappa shape index (κ1) is 17.0. The third-order valence-corrected chi connectivity index (χ3v) is 4.53. The van der Waals surface area contributed by atoms with E-state index in [1.165, 1.54) is 0 Å². The summed E-state index contributed by atoms with van der Waals surface area (Å²) in [5, 5.41) is 2.95. The molecule has 0 bridgehead atoms. The van der Waals surface area contributed by atoms with E-state index in [-0.39, 0.29) is 11.8 Å². The lowest BCUT2D eigenvalue weighted by Gasteiger charge is -2.28. The molecular formula is C20H22N2O3. The molecule has 0 fully saturated rings. The van der Waals surface area contributed by atoms with Gasteiger partial charge in [0.2, 0.25) is 5.91 Å². The molecule has 1 aliphatic heterocycles. The average molecular weight is 338 g/mol. The Morgan fingerprint density at radius 1 is 1.20 bits per heavy atom. The number of carbonyl (C=O) groups is 2. The molecular weight excluding hydrogens is 316 g/mol. The molecule has 5 nitrogen and oxygen atoms in total. The van der Waals surface area contributed by atoms with Gasteiger partial charge < -0.3 is 15.0 Å². The van der Waals surface area contributed by atoms with Crippen molar-refractivity contribution in [2.45, 2.75) is 26.7 Å². The van der Waals surface area contributed by atoms with Gasteiger partial charge in [0.15, 0.2) is 0 Å². The van der Waals surface area contributed by atoms with Gasteiger partial charge in [-0.25, -0.2) is 0 Å². The molecule has 5 heteroatoms. The minimum Gasteiger partial charge on any atom is -0.497 e. The largest absolute Gasteiger partial charge is 0.497 e. The predicted octanol–water partition coefficient (Wildman–Crippen LogP) is 3.56. The van der Waals surface area contributed by atoms with Crippen molar-refractivity contribution in [2.24, 2.45) is 0 Å². The van der Waals surface area contributed by atoms with Gasteiger partial charge in [0.05, 0.1) is 7.11 Å². The highest BCUT2D eigenvalue weighted by molar-refractivity contribution is 6.05. The van der Waals surface area contributed by atoms with Gasteiger partial charge in [-0.2, -0.15) is 0 Å². The van der Waals surface area contributed by atoms with Crippen LogP contribution in [0, 0.1) is 6.92 Å². The number of anilines is 2. The van der Waals surface area contributed by atoms with Crippen LogP contribution in [0.2, 0.25) is 0 Å². The highest BCUT2D eigenvalue weighted by Crippen LogP contribution is 2.30. The van der Waals surface area contributed by atoms with E-state index in [0.717, 1.165) is 28.3 Å². The smallest absolute Gasteiger partial charge is 0.255 e. The van der Waals surface area contributed by atoms with Gasteiger partial charge in [-0.15, -0.1) is 0 Å². The molecule has 0 unspecified atom stereocenters. The van der Waals surface area contributed by atoms with Crippen LogP contribution in [0.5, 0.6) is 5.75 Å². The maximum atomic E-state index is 12.6. The zero-order valence-corrected chi connectivity index (χ0v) is 14.8. The highest BCUT2D eigenvalue weighted by atomic mass is 16.5. The molecule has 1 aliphatic rings. The molecule has 0 spiro atoms. The van der Waals surface area contributed by atoms with Crippen molar-refractivity contribution in [3.8, 4) is 5.75 Å². The van der Waals surface area contributed by atoms with Crippen LogP contribution in [0.4, 0.5) is 11.4 Å². The maximum Gasteiger partial charge on any atom is 0.255 e. The van der Waals surface area contributed by atoms with Crippen LogP contribution in [0.1, 0.15) is 34.8 Å². The number of ether oxygens (including phenoxy) is 1. The molecule has 3 rings (SSSR count). The fraction of sp³-hybridized carbons (Fsp3) is 0.300. The van der Waals surface area contributed by atoms with Crippen LogP contribution in [-0.2, 0) is 11.2 Å². The van der Waals surface area contributed by atoms with Gasteiger partial charge in [-0.05, 0) is 67.8 Å². The molecule has 25 heavy (non-hydrogen) atoms. The van der Waals surface area contributed by atoms with Gasteiger partial charge in [-0.1, -0.05) is 0 Å². The number of hydrogen-bond donors (Lipinski definition) is 1. The average Bonchev–Trinajstić information content (AvgIpc) is 2.61. The van der Waals surface area contributed by atoms with Gasteiger partial charge in [0, 0.05) is 29.9 Å². The van der Waals surface area contributed by atoms with E-state index in [4.69, 9.17) is 4.74 Å². The SMILES string of the molecule is CCN1C(=O)CCc2cc(NC(=O)c3ccc(OC)cc3C)ccc21. The second-order valence-electron chi connectivity index (χ2n) is 6.12. The fourth-order valence-corrected chi connectivity index (χ4v) is 3.20. The van der Waals surface area contributed by atoms with Crippen LogP contribution in [-0.4, -0.2) is 25.5 Å². The van der Waals surface area contributed by atoms with Gasteiger partial charge in [-0.3, -0.25) is 9.59 Å². The van der Waals surface area contributed by atoms with Crippen LogP contribution >= 0.6 is 0 Å². The first-order valence-corrected chi connectivity index (χ1v) is 8.42. The Balaban J connectivity index is 1.82. The summed E-state index contributed by atoms with van der Waals surface area (Å²) < 4.78 is 5.18. The lowest BCUT2D eigenvalue weighted by atomic mass is 10.00. The van der Waals surface area contributed by atoms with Crippen LogP contribution in [0.15, 0.2) is 36.4 Å². The van der Waals surface area contributed by atoms with Gasteiger partial charge in [0.1, 0.15) is 5.75 Å². The lowest BCUT2D eigenvalue weighted by molar-refractivity contribution is -0.118. The quantitative estimate of drug-likeness (QED) is 0.927. The van der Waals surface area contributed by atoms with E-state index in [0.29, 0.717) is 24.9 Å². The molecule has 1 N–H and O–H groups in total. The number of hydrogen-bond acceptors (Lipinski definition) is 3. The number of nitrogens with zero attached hydrogens (tertiary/aromatic N) is 1. The van der Waals surface area contributed by atoms with Gasteiger partial charge >= 0.3 is 0 Å². The van der Waals surface area contributed by atoms with E-state index in [2.05, 4.69) is 5.32 Å². The standard InChI is InChI=1S/C20H22N2O3/c1-4-22-18-9-6-15(12-14(18)5-10-19(22)23)21-20(24)17-8-7-16(25-3)11-13(17)2/h6-9,11-12H,4-5,10H2,1-3H3,(H,21,24). The number of methoxy groups -OCH3 is 1. The monoisotopic (exact) mass is 338 g/mol. The molecule has 1 heterocycles. The number of rotatable bonds is 4. The van der Waals surface area contributed by atoms with Crippen LogP contribution in [0.25, 0.3) is 0 Å². The van der Waals surface area contributed by atoms with Crippen LogP contribution < -0.4 is 15.0 Å². The molecule has 0 radical (unpaired) electrons. The maximum absolute atomic E-state index is 12.6. The fourth-order valence-electron chi connectivity index (χ4n) is 3.20. The summed E-state index contributed by atoms with van der Waals surface area (Å²) in [6.07, 6.45) is 1.21. The van der Waals surface area contributed by atoms with E-state index >= 15 is 0 Å². The Morgan fingerprint density at radius 3 is 2.68 bits per heavy atom. The number of aryl methyl sites for hydroxylation is 2. The molecule has 0 atom stereocenters. The summed E-state index contributed by atoms with van der Waals surface area (Å²) in [5.41, 5.74) is 4.24. The molecule has 2 aromatic rings. The summed E-state index contributed by atoms with van der Waals surface area (Å²) in [4.78, 5) is 26.3. The zero-order chi connectivity index (χ0) is 18.0. The second kappa shape index (κ2) is 6.97. The molecule has 130 valence electrons. The Bertz CT molecular complexity index is 830. The number of carbonyl (C=O) groups excluding carboxylic acids is 2. The normalized spacial score (nSPS) is 13.4. The number of amides is 2. The molecule has 0 saturated heterocycles. The van der Waals surface area contributed by atoms with Crippen molar-refractivity contribution in [2.75, 3.05) is 23.9 Å². The second-order valence-corrected chi connectivity index (χ2v) is 6.12. The highest BCUT2D eigenvalue weighted by Gasteiger charge is 2.23. The van der Waals surface area contributed by atoms with E-state index in [1.54, 1.807) is 24.1 Å². The Morgan fingerprint density at radius 2 is 2.00 bits per heavy atom. The minimum absolute atomic E-state index is 0.153. The number of nitrogens with one attached hydrogen (secondary N) is 1. The zero-order valence-electron chi connectivity index (χ0n) is 14.8. The Kier molecular flexibility index (Phi) is 4.74. The molecule has 2 amide bonds. The lowest BCUT2D eigenvalue weighted by Crippen LogP contribution is -2.34. The summed E-state index contributed by atoms with van der Waals surface area (Å²) in [5.74, 6) is 0.729. The first-order valence-electron chi connectivity index (χ1n) is 8.42. The van der Waals surface area contributed by atoms with Crippen molar-refractivity contribution in [1.29, 1.82) is 0 Å². The molecule has 0 aromatic heterocycles. The van der Waals surface area contributed by atoms with Crippen molar-refractivity contribution in [1.82, 2.24) is 0 Å². The minimum atomic E-state index is -0.153. The summed E-state index contributed by atoms with van der Waals surface area (Å²) in [7, 11) is 1.60. The summed E-state index contributed by atoms with van der Waals surface area (Å²) in [6, 6.07) is 11.1. The number of benzene rings is 2. The molecule has 0 aliphatic carbocycles. The third kappa shape index (κ3) is 3.36. The van der Waals surface area contributed by atoms with Gasteiger partial charge in [0.25, 0.3) is 5.91 Å².